The maximum Gasteiger partial charge on any atom is 0.327 e. The first-order chi connectivity index (χ1) is 52.5. The Labute approximate surface area is 640 Å². The third kappa shape index (κ3) is 17.5. The minimum atomic E-state index is -4.35. The number of imidazole rings is 1. The lowest BCUT2D eigenvalue weighted by Gasteiger charge is -2.37. The number of benzene rings is 10. The van der Waals surface area contributed by atoms with E-state index < -0.39 is 91.7 Å². The number of carbonyl (C=O) groups excluding carboxylic acids is 4. The van der Waals surface area contributed by atoms with E-state index in [1.807, 2.05) is 226 Å². The number of aromatic nitrogens is 2. The number of rotatable bonds is 31. The Morgan fingerprint density at radius 1 is 0.560 bits per heavy atom. The lowest BCUT2D eigenvalue weighted by molar-refractivity contribution is -0.141. The van der Waals surface area contributed by atoms with E-state index in [-0.39, 0.29) is 49.3 Å². The first-order valence-electron chi connectivity index (χ1n) is 36.4. The second-order valence-corrected chi connectivity index (χ2v) is 31.1. The van der Waals surface area contributed by atoms with Crippen LogP contribution in [0.2, 0.25) is 0 Å². The summed E-state index contributed by atoms with van der Waals surface area (Å²) >= 11 is 1.34. The van der Waals surface area contributed by atoms with Gasteiger partial charge in [0, 0.05) is 49.7 Å². The Bertz CT molecular complexity index is 4960. The molecule has 10 N–H and O–H groups in total. The molecule has 1 aromatic heterocycles. The van der Waals surface area contributed by atoms with Crippen LogP contribution in [0.15, 0.2) is 272 Å². The van der Waals surface area contributed by atoms with E-state index in [4.69, 9.17) is 20.9 Å². The summed E-state index contributed by atoms with van der Waals surface area (Å²) in [6.07, 6.45) is 3.68. The number of ether oxygens (including phenoxy) is 1. The van der Waals surface area contributed by atoms with Gasteiger partial charge in [0.1, 0.15) is 41.1 Å². The van der Waals surface area contributed by atoms with E-state index in [1.54, 1.807) is 44.4 Å². The van der Waals surface area contributed by atoms with Crippen LogP contribution >= 0.6 is 11.8 Å². The molecule has 558 valence electrons. The van der Waals surface area contributed by atoms with Crippen LogP contribution in [0.25, 0.3) is 10.8 Å². The van der Waals surface area contributed by atoms with Crippen molar-refractivity contribution in [2.24, 2.45) is 5.73 Å². The second kappa shape index (κ2) is 34.1. The van der Waals surface area contributed by atoms with Crippen molar-refractivity contribution in [2.45, 2.75) is 124 Å². The molecule has 0 unspecified atom stereocenters. The Morgan fingerprint density at radius 2 is 1.01 bits per heavy atom. The van der Waals surface area contributed by atoms with Gasteiger partial charge in [-0.3, -0.25) is 24.6 Å². The van der Waals surface area contributed by atoms with Crippen molar-refractivity contribution in [3.8, 4) is 5.75 Å². The van der Waals surface area contributed by atoms with Gasteiger partial charge in [0.15, 0.2) is 0 Å². The normalized spacial score (nSPS) is 14.0. The van der Waals surface area contributed by atoms with E-state index >= 15 is 14.4 Å². The predicted octanol–water partition coefficient (Wildman–Crippen LogP) is 11.9. The zero-order valence-corrected chi connectivity index (χ0v) is 63.1. The summed E-state index contributed by atoms with van der Waals surface area (Å²) < 4.78 is 38.3. The highest BCUT2D eigenvalue weighted by Gasteiger charge is 2.42. The van der Waals surface area contributed by atoms with Crippen molar-refractivity contribution >= 4 is 68.1 Å². The monoisotopic (exact) mass is 1490 g/mol. The highest BCUT2D eigenvalue weighted by molar-refractivity contribution is 8.00. The molecule has 0 saturated heterocycles. The predicted molar refractivity (Wildman–Crippen MR) is 428 cm³/mol. The molecular weight excluding hydrogens is 1410 g/mol. The molecule has 10 aromatic carbocycles. The Kier molecular flexibility index (Phi) is 24.1. The third-order valence-electron chi connectivity index (χ3n) is 20.2. The number of thioether (sulfide) groups is 1. The number of nitrogens with two attached hydrogens (primary N) is 1. The van der Waals surface area contributed by atoms with Gasteiger partial charge in [-0.05, 0) is 119 Å². The highest BCUT2D eigenvalue weighted by atomic mass is 32.2. The molecule has 19 nitrogen and oxygen atoms in total. The molecular formula is C88H90N10O9S2. The van der Waals surface area contributed by atoms with Gasteiger partial charge >= 0.3 is 5.97 Å². The van der Waals surface area contributed by atoms with Crippen molar-refractivity contribution in [2.75, 3.05) is 12.3 Å². The molecule has 0 spiro atoms. The van der Waals surface area contributed by atoms with Crippen LogP contribution in [-0.2, 0) is 70.0 Å². The number of carbonyl (C=O) groups is 5. The molecule has 4 amide bonds. The number of fused-ring (bicyclic) bond motifs is 2. The molecule has 109 heavy (non-hydrogen) atoms. The van der Waals surface area contributed by atoms with Crippen LogP contribution in [0.4, 0.5) is 0 Å². The van der Waals surface area contributed by atoms with Gasteiger partial charge in [-0.1, -0.05) is 255 Å². The quantitative estimate of drug-likeness (QED) is 0.00847. The molecule has 11 aromatic rings. The number of nitrogens with zero attached hydrogens (tertiary/aromatic N) is 2. The SMILES string of the molecule is Cc1c(C)c(S(=O)(=O)NC(=N)NCCC[C@H](NC(=O)[C@@H](Cc2ccccc2)NC(=O)[C@@H](N)Cc2cn(C(c3ccccc3)(c3ccccc3)c3ccccc3)cn2)C(=O)N[C@@H](Cc2ccc3ccccc3c2)C(=O)N[C@@H](CSC(c2ccccc2)(c2ccccc2)c2ccccc2)C(=O)O)c(C)c2c1OC(C)(C)C2. The molecule has 0 radical (unpaired) electrons. The molecule has 2 heterocycles. The van der Waals surface area contributed by atoms with E-state index in [0.29, 0.717) is 45.7 Å². The van der Waals surface area contributed by atoms with Crippen LogP contribution in [0, 0.1) is 26.2 Å². The van der Waals surface area contributed by atoms with Gasteiger partial charge < -0.3 is 46.7 Å². The summed E-state index contributed by atoms with van der Waals surface area (Å²) in [6, 6.07) is 74.5. The Hall–Kier alpha value is -11.7. The minimum absolute atomic E-state index is 0.0179. The van der Waals surface area contributed by atoms with Crippen molar-refractivity contribution < 1.29 is 42.2 Å². The van der Waals surface area contributed by atoms with Gasteiger partial charge in [-0.25, -0.2) is 22.9 Å². The number of carboxylic acids is 1. The second-order valence-electron chi connectivity index (χ2n) is 28.2. The number of aliphatic carboxylic acids is 1. The third-order valence-corrected chi connectivity index (χ3v) is 23.5. The van der Waals surface area contributed by atoms with Crippen molar-refractivity contribution in [3.05, 3.63) is 340 Å². The van der Waals surface area contributed by atoms with Crippen molar-refractivity contribution in [1.29, 1.82) is 5.41 Å². The number of carboxylic acid groups (broad SMARTS) is 1. The molecule has 1 aliphatic rings. The standard InChI is InChI=1S/C88H90N10O9S2/c1-58-59(2)79(60(3)72-54-86(4,5)107-78(58)72)109(105,106)97-85(90)91-49-29-46-74(93-82(101)75(51-61-30-13-6-14-31-61)94-80(99)73(89)53-71-55-98(57-92-71)87(65-34-15-7-16-35-65,66-36-17-8-18-37-66)67-38-19-9-20-39-67)81(100)95-76(52-62-47-48-63-32-27-28-33-64(63)50-62)83(102)96-77(84(103)104)56-108-88(68-40-21-10-22-41-68,69-42-23-11-24-43-69)70-44-25-12-26-45-70/h6-28,30-45,47-48,50,55,57,73-77H,29,46,49,51-54,56,89H2,1-5H3,(H,93,101)(H,94,99)(H,95,100)(H,96,102)(H,103,104)(H3,90,91,97)/t73-,74-,75+,76-,77-/m0/s1. The number of nitrogens with one attached hydrogen (secondary N) is 7. The first-order valence-corrected chi connectivity index (χ1v) is 38.9. The average molecular weight is 1500 g/mol. The van der Waals surface area contributed by atoms with Gasteiger partial charge in [0.25, 0.3) is 10.0 Å². The summed E-state index contributed by atoms with van der Waals surface area (Å²) in [7, 11) is -4.35. The van der Waals surface area contributed by atoms with E-state index in [0.717, 1.165) is 49.7 Å². The van der Waals surface area contributed by atoms with Crippen LogP contribution in [0.5, 0.6) is 5.75 Å². The summed E-state index contributed by atoms with van der Waals surface area (Å²) in [5.41, 5.74) is 15.1. The van der Waals surface area contributed by atoms with E-state index in [9.17, 15) is 23.1 Å². The fourth-order valence-corrected chi connectivity index (χ4v) is 17.8. The minimum Gasteiger partial charge on any atom is -0.487 e. The zero-order valence-electron chi connectivity index (χ0n) is 61.4. The summed E-state index contributed by atoms with van der Waals surface area (Å²) in [4.78, 5) is 79.7. The fraction of sp³-hybridized carbons (Fsp3) is 0.239. The molecule has 0 aliphatic carbocycles. The van der Waals surface area contributed by atoms with Crippen molar-refractivity contribution in [1.82, 2.24) is 40.9 Å². The molecule has 0 saturated carbocycles. The Morgan fingerprint density at radius 3 is 1.53 bits per heavy atom. The van der Waals surface area contributed by atoms with E-state index in [2.05, 4.69) is 67.7 Å². The first kappa shape index (κ1) is 77.0. The molecule has 21 heteroatoms. The van der Waals surface area contributed by atoms with Gasteiger partial charge in [0.05, 0.1) is 27.7 Å². The summed E-state index contributed by atoms with van der Waals surface area (Å²) in [5.74, 6) is -4.53. The number of hydrogen-bond donors (Lipinski definition) is 9. The lowest BCUT2D eigenvalue weighted by atomic mass is 9.77. The Balaban J connectivity index is 0.836. The van der Waals surface area contributed by atoms with Crippen LogP contribution in [0.3, 0.4) is 0 Å². The number of sulfonamides is 1. The molecule has 5 atom stereocenters. The summed E-state index contributed by atoms with van der Waals surface area (Å²) in [5, 5.41) is 36.2. The van der Waals surface area contributed by atoms with Crippen LogP contribution in [0.1, 0.15) is 99.1 Å². The fourth-order valence-electron chi connectivity index (χ4n) is 14.7. The maximum absolute atomic E-state index is 15.6. The highest BCUT2D eigenvalue weighted by Crippen LogP contribution is 2.49. The lowest BCUT2D eigenvalue weighted by Crippen LogP contribution is -2.59. The van der Waals surface area contributed by atoms with Crippen LogP contribution in [-0.4, -0.2) is 107 Å². The van der Waals surface area contributed by atoms with Gasteiger partial charge in [-0.2, -0.15) is 0 Å². The van der Waals surface area contributed by atoms with Crippen molar-refractivity contribution in [3.63, 3.8) is 0 Å². The molecule has 0 fully saturated rings. The number of amides is 4. The molecule has 1 aliphatic heterocycles. The number of hydrogen-bond acceptors (Lipinski definition) is 12. The molecule has 12 rings (SSSR count). The van der Waals surface area contributed by atoms with Crippen LogP contribution < -0.4 is 41.8 Å². The number of guanidine groups is 1. The van der Waals surface area contributed by atoms with E-state index in [1.165, 1.54) is 11.8 Å². The largest absolute Gasteiger partial charge is 0.487 e. The average Bonchev–Trinajstić information content (AvgIpc) is 1.67. The van der Waals surface area contributed by atoms with Gasteiger partial charge in [0.2, 0.25) is 29.6 Å². The van der Waals surface area contributed by atoms with Gasteiger partial charge in [-0.15, -0.1) is 11.8 Å². The molecule has 0 bridgehead atoms. The topological polar surface area (TPSA) is 289 Å². The maximum atomic E-state index is 15.6. The summed E-state index contributed by atoms with van der Waals surface area (Å²) in [6.45, 7) is 9.01. The zero-order chi connectivity index (χ0) is 76.9. The smallest absolute Gasteiger partial charge is 0.327 e.